The molecule has 0 unspecified atom stereocenters. The molecule has 2 rings (SSSR count). The Bertz CT molecular complexity index is 567. The molecule has 17 heavy (non-hydrogen) atoms. The molecule has 0 fully saturated rings. The first-order chi connectivity index (χ1) is 8.09. The molecule has 0 aliphatic heterocycles. The summed E-state index contributed by atoms with van der Waals surface area (Å²) < 4.78 is 0. The highest BCUT2D eigenvalue weighted by Gasteiger charge is 2.15. The smallest absolute Gasteiger partial charge is 0.213 e. The molecule has 2 aromatic rings. The van der Waals surface area contributed by atoms with E-state index in [-0.39, 0.29) is 5.78 Å². The van der Waals surface area contributed by atoms with Crippen LogP contribution < -0.4 is 0 Å². The quantitative estimate of drug-likeness (QED) is 0.765. The summed E-state index contributed by atoms with van der Waals surface area (Å²) in [6.07, 6.45) is 0. The Hall–Kier alpha value is -1.74. The molecule has 0 amide bonds. The van der Waals surface area contributed by atoms with Gasteiger partial charge < -0.3 is 0 Å². The molecule has 1 aromatic heterocycles. The van der Waals surface area contributed by atoms with Gasteiger partial charge in [0.1, 0.15) is 5.69 Å². The van der Waals surface area contributed by atoms with Crippen LogP contribution in [0.1, 0.15) is 27.4 Å². The van der Waals surface area contributed by atoms with E-state index in [0.717, 1.165) is 0 Å². The fraction of sp³-hybridized carbons (Fsp3) is 0.154. The monoisotopic (exact) mass is 246 g/mol. The Morgan fingerprint density at radius 3 is 2.35 bits per heavy atom. The molecule has 0 spiro atoms. The molecule has 1 aromatic carbocycles. The van der Waals surface area contributed by atoms with E-state index >= 15 is 0 Å². The number of nitrogens with zero attached hydrogens (tertiary/aromatic N) is 2. The average molecular weight is 247 g/mol. The molecule has 4 heteroatoms. The van der Waals surface area contributed by atoms with Crippen LogP contribution in [0.25, 0.3) is 0 Å². The van der Waals surface area contributed by atoms with Gasteiger partial charge >= 0.3 is 0 Å². The fourth-order valence-corrected chi connectivity index (χ4v) is 1.69. The lowest BCUT2D eigenvalue weighted by atomic mass is 10.1. The largest absolute Gasteiger partial charge is 0.287 e. The minimum absolute atomic E-state index is 0.129. The first-order valence-corrected chi connectivity index (χ1v) is 5.58. The maximum Gasteiger partial charge on any atom is 0.213 e. The molecular formula is C13H11ClN2O. The van der Waals surface area contributed by atoms with Gasteiger partial charge in [0.25, 0.3) is 0 Å². The molecule has 86 valence electrons. The molecule has 3 nitrogen and oxygen atoms in total. The Morgan fingerprint density at radius 2 is 1.71 bits per heavy atom. The fourth-order valence-electron chi connectivity index (χ4n) is 1.52. The lowest BCUT2D eigenvalue weighted by molar-refractivity contribution is 0.103. The third-order valence-electron chi connectivity index (χ3n) is 2.44. The summed E-state index contributed by atoms with van der Waals surface area (Å²) in [7, 11) is 0. The van der Waals surface area contributed by atoms with Gasteiger partial charge in [0, 0.05) is 5.56 Å². The Labute approximate surface area is 104 Å². The van der Waals surface area contributed by atoms with E-state index in [1.54, 1.807) is 26.0 Å². The van der Waals surface area contributed by atoms with Gasteiger partial charge in [0.2, 0.25) is 5.78 Å². The summed E-state index contributed by atoms with van der Waals surface area (Å²) in [5.74, 6) is -0.129. The first kappa shape index (κ1) is 11.7. The van der Waals surface area contributed by atoms with Crippen LogP contribution in [0.15, 0.2) is 30.3 Å². The second-order valence-corrected chi connectivity index (χ2v) is 4.09. The van der Waals surface area contributed by atoms with E-state index in [4.69, 9.17) is 11.6 Å². The Morgan fingerprint density at radius 1 is 1.06 bits per heavy atom. The van der Waals surface area contributed by atoms with Crippen molar-refractivity contribution in [2.45, 2.75) is 13.8 Å². The summed E-state index contributed by atoms with van der Waals surface area (Å²) >= 11 is 5.85. The standard InChI is InChI=1S/C13H11ClN2O/c1-8-11(15-9(2)13(14)16-8)12(17)10-6-4-3-5-7-10/h3-7H,1-2H3. The van der Waals surface area contributed by atoms with Gasteiger partial charge in [-0.05, 0) is 13.8 Å². The maximum atomic E-state index is 12.2. The zero-order chi connectivity index (χ0) is 12.4. The van der Waals surface area contributed by atoms with Crippen LogP contribution in [0.2, 0.25) is 5.15 Å². The van der Waals surface area contributed by atoms with Crippen LogP contribution in [0.4, 0.5) is 0 Å². The number of benzene rings is 1. The highest BCUT2D eigenvalue weighted by atomic mass is 35.5. The maximum absolute atomic E-state index is 12.2. The summed E-state index contributed by atoms with van der Waals surface area (Å²) in [5.41, 5.74) is 2.08. The third kappa shape index (κ3) is 2.34. The molecule has 0 atom stereocenters. The third-order valence-corrected chi connectivity index (χ3v) is 2.80. The van der Waals surface area contributed by atoms with Crippen LogP contribution in [0.5, 0.6) is 0 Å². The number of hydrogen-bond acceptors (Lipinski definition) is 3. The van der Waals surface area contributed by atoms with Crippen molar-refractivity contribution in [3.05, 3.63) is 58.1 Å². The number of ketones is 1. The lowest BCUT2D eigenvalue weighted by Crippen LogP contribution is -2.09. The van der Waals surface area contributed by atoms with Crippen LogP contribution in [0, 0.1) is 13.8 Å². The topological polar surface area (TPSA) is 42.9 Å². The summed E-state index contributed by atoms with van der Waals surface area (Å²) in [4.78, 5) is 20.5. The van der Waals surface area contributed by atoms with Crippen molar-refractivity contribution in [2.24, 2.45) is 0 Å². The average Bonchev–Trinajstić information content (AvgIpc) is 2.34. The molecule has 0 bridgehead atoms. The van der Waals surface area contributed by atoms with E-state index in [1.165, 1.54) is 0 Å². The van der Waals surface area contributed by atoms with Crippen molar-refractivity contribution in [2.75, 3.05) is 0 Å². The molecule has 0 saturated carbocycles. The zero-order valence-corrected chi connectivity index (χ0v) is 10.3. The van der Waals surface area contributed by atoms with Gasteiger partial charge in [-0.3, -0.25) is 4.79 Å². The van der Waals surface area contributed by atoms with Gasteiger partial charge in [0.15, 0.2) is 5.15 Å². The van der Waals surface area contributed by atoms with Crippen molar-refractivity contribution >= 4 is 17.4 Å². The van der Waals surface area contributed by atoms with Crippen molar-refractivity contribution in [1.82, 2.24) is 9.97 Å². The molecule has 0 N–H and O–H groups in total. The van der Waals surface area contributed by atoms with Crippen LogP contribution in [-0.2, 0) is 0 Å². The number of halogens is 1. The van der Waals surface area contributed by atoms with Gasteiger partial charge in [-0.15, -0.1) is 0 Å². The van der Waals surface area contributed by atoms with Crippen molar-refractivity contribution in [3.63, 3.8) is 0 Å². The van der Waals surface area contributed by atoms with Gasteiger partial charge in [-0.25, -0.2) is 9.97 Å². The van der Waals surface area contributed by atoms with Crippen LogP contribution in [0.3, 0.4) is 0 Å². The molecule has 0 saturated heterocycles. The Kier molecular flexibility index (Phi) is 3.20. The number of aryl methyl sites for hydroxylation is 2. The number of aromatic nitrogens is 2. The van der Waals surface area contributed by atoms with Crippen LogP contribution in [-0.4, -0.2) is 15.8 Å². The van der Waals surface area contributed by atoms with E-state index in [2.05, 4.69) is 9.97 Å². The summed E-state index contributed by atoms with van der Waals surface area (Å²) in [6.45, 7) is 3.46. The minimum Gasteiger partial charge on any atom is -0.287 e. The van der Waals surface area contributed by atoms with E-state index in [9.17, 15) is 4.79 Å². The number of hydrogen-bond donors (Lipinski definition) is 0. The lowest BCUT2D eigenvalue weighted by Gasteiger charge is -2.05. The second kappa shape index (κ2) is 4.63. The van der Waals surface area contributed by atoms with Crippen molar-refractivity contribution in [1.29, 1.82) is 0 Å². The minimum atomic E-state index is -0.129. The van der Waals surface area contributed by atoms with E-state index in [1.807, 2.05) is 18.2 Å². The zero-order valence-electron chi connectivity index (χ0n) is 9.57. The molecule has 0 aliphatic rings. The number of rotatable bonds is 2. The predicted molar refractivity (Wildman–Crippen MR) is 66.4 cm³/mol. The summed E-state index contributed by atoms with van der Waals surface area (Å²) in [6, 6.07) is 9.01. The van der Waals surface area contributed by atoms with Gasteiger partial charge in [-0.1, -0.05) is 41.9 Å². The number of carbonyl (C=O) groups excluding carboxylic acids is 1. The number of carbonyl (C=O) groups is 1. The Balaban J connectivity index is 2.48. The molecular weight excluding hydrogens is 236 g/mol. The molecule has 0 radical (unpaired) electrons. The SMILES string of the molecule is Cc1nc(C(=O)c2ccccc2)c(C)nc1Cl. The second-order valence-electron chi connectivity index (χ2n) is 3.73. The van der Waals surface area contributed by atoms with Gasteiger partial charge in [0.05, 0.1) is 11.4 Å². The van der Waals surface area contributed by atoms with E-state index in [0.29, 0.717) is 27.8 Å². The highest BCUT2D eigenvalue weighted by molar-refractivity contribution is 6.30. The van der Waals surface area contributed by atoms with Crippen LogP contribution >= 0.6 is 11.6 Å². The summed E-state index contributed by atoms with van der Waals surface area (Å²) in [5, 5.41) is 0.340. The van der Waals surface area contributed by atoms with Crippen molar-refractivity contribution in [3.8, 4) is 0 Å². The highest BCUT2D eigenvalue weighted by Crippen LogP contribution is 2.15. The van der Waals surface area contributed by atoms with E-state index < -0.39 is 0 Å². The van der Waals surface area contributed by atoms with Crippen molar-refractivity contribution < 1.29 is 4.79 Å². The predicted octanol–water partition coefficient (Wildman–Crippen LogP) is 2.98. The first-order valence-electron chi connectivity index (χ1n) is 5.20. The molecule has 1 heterocycles. The molecule has 0 aliphatic carbocycles. The normalized spacial score (nSPS) is 10.3. The van der Waals surface area contributed by atoms with Gasteiger partial charge in [-0.2, -0.15) is 0 Å².